The van der Waals surface area contributed by atoms with Gasteiger partial charge in [0.1, 0.15) is 5.69 Å². The number of aromatic nitrogens is 2. The number of hydrogen-bond acceptors (Lipinski definition) is 6. The van der Waals surface area contributed by atoms with Crippen LogP contribution in [0.25, 0.3) is 0 Å². The first-order valence-corrected chi connectivity index (χ1v) is 7.31. The van der Waals surface area contributed by atoms with Gasteiger partial charge < -0.3 is 21.1 Å². The number of nitrogens with zero attached hydrogens (tertiary/aromatic N) is 3. The third kappa shape index (κ3) is 4.64. The van der Waals surface area contributed by atoms with Crippen molar-refractivity contribution in [2.45, 2.75) is 19.8 Å². The van der Waals surface area contributed by atoms with E-state index < -0.39 is 0 Å². The molecule has 0 saturated carbocycles. The zero-order valence-corrected chi connectivity index (χ0v) is 12.4. The van der Waals surface area contributed by atoms with Gasteiger partial charge >= 0.3 is 0 Å². The normalized spacial score (nSPS) is 19.4. The van der Waals surface area contributed by atoms with Gasteiger partial charge in [0, 0.05) is 31.9 Å². The number of anilines is 1. The van der Waals surface area contributed by atoms with E-state index >= 15 is 0 Å². The van der Waals surface area contributed by atoms with E-state index in [-0.39, 0.29) is 18.5 Å². The van der Waals surface area contributed by atoms with Crippen molar-refractivity contribution in [1.82, 2.24) is 20.2 Å². The Morgan fingerprint density at radius 3 is 3.10 bits per heavy atom. The van der Waals surface area contributed by atoms with E-state index in [0.717, 1.165) is 32.5 Å². The van der Waals surface area contributed by atoms with Crippen molar-refractivity contribution in [3.05, 3.63) is 17.5 Å². The molecule has 2 heterocycles. The highest BCUT2D eigenvalue weighted by molar-refractivity contribution is 5.92. The first-order chi connectivity index (χ1) is 10.1. The molecule has 7 heteroatoms. The van der Waals surface area contributed by atoms with E-state index in [2.05, 4.69) is 20.2 Å². The fraction of sp³-hybridized carbons (Fsp3) is 0.643. The fourth-order valence-electron chi connectivity index (χ4n) is 2.63. The topological polar surface area (TPSA) is 104 Å². The summed E-state index contributed by atoms with van der Waals surface area (Å²) < 4.78 is 0. The average Bonchev–Trinajstić information content (AvgIpc) is 2.46. The van der Waals surface area contributed by atoms with Crippen molar-refractivity contribution in [2.75, 3.05) is 38.5 Å². The molecule has 116 valence electrons. The van der Waals surface area contributed by atoms with Crippen LogP contribution in [0.4, 0.5) is 5.95 Å². The lowest BCUT2D eigenvalue weighted by Crippen LogP contribution is -2.41. The third-order valence-electron chi connectivity index (χ3n) is 3.68. The number of rotatable bonds is 5. The van der Waals surface area contributed by atoms with Crippen molar-refractivity contribution >= 4 is 11.9 Å². The molecule has 4 N–H and O–H groups in total. The zero-order valence-electron chi connectivity index (χ0n) is 12.4. The van der Waals surface area contributed by atoms with E-state index in [4.69, 9.17) is 5.73 Å². The van der Waals surface area contributed by atoms with E-state index in [9.17, 15) is 9.90 Å². The number of aliphatic hydroxyl groups is 1. The molecule has 1 aromatic heterocycles. The standard InChI is InChI=1S/C14H23N5O2/c1-10-7-12(18-14(15)17-10)13(21)16-4-6-19-5-2-3-11(8-19)9-20/h7,11,20H,2-6,8-9H2,1H3,(H,16,21)(H2,15,17,18)/t11-/m1/s1. The molecule has 0 aliphatic carbocycles. The largest absolute Gasteiger partial charge is 0.396 e. The first-order valence-electron chi connectivity index (χ1n) is 7.31. The number of carbonyl (C=O) groups is 1. The summed E-state index contributed by atoms with van der Waals surface area (Å²) in [6.07, 6.45) is 2.18. The summed E-state index contributed by atoms with van der Waals surface area (Å²) in [6.45, 7) is 5.26. The van der Waals surface area contributed by atoms with Crippen molar-refractivity contribution < 1.29 is 9.90 Å². The summed E-state index contributed by atoms with van der Waals surface area (Å²) in [5.41, 5.74) is 6.51. The third-order valence-corrected chi connectivity index (χ3v) is 3.68. The maximum atomic E-state index is 12.0. The molecule has 1 aliphatic rings. The predicted molar refractivity (Wildman–Crippen MR) is 79.8 cm³/mol. The van der Waals surface area contributed by atoms with Crippen LogP contribution in [0.15, 0.2) is 6.07 Å². The molecule has 0 spiro atoms. The van der Waals surface area contributed by atoms with Crippen LogP contribution < -0.4 is 11.1 Å². The molecule has 7 nitrogen and oxygen atoms in total. The van der Waals surface area contributed by atoms with Crippen molar-refractivity contribution in [1.29, 1.82) is 0 Å². The van der Waals surface area contributed by atoms with E-state index in [0.29, 0.717) is 23.9 Å². The van der Waals surface area contributed by atoms with Gasteiger partial charge in [0.2, 0.25) is 5.95 Å². The Morgan fingerprint density at radius 1 is 1.57 bits per heavy atom. The van der Waals surface area contributed by atoms with Crippen LogP contribution in [0.2, 0.25) is 0 Å². The number of hydrogen-bond donors (Lipinski definition) is 3. The second-order valence-corrected chi connectivity index (χ2v) is 5.50. The molecule has 0 bridgehead atoms. The van der Waals surface area contributed by atoms with Crippen molar-refractivity contribution in [3.63, 3.8) is 0 Å². The highest BCUT2D eigenvalue weighted by Gasteiger charge is 2.19. The molecule has 1 aromatic rings. The number of nitrogens with one attached hydrogen (secondary N) is 1. The minimum atomic E-state index is -0.233. The van der Waals surface area contributed by atoms with Crippen LogP contribution in [0.5, 0.6) is 0 Å². The summed E-state index contributed by atoms with van der Waals surface area (Å²) >= 11 is 0. The fourth-order valence-corrected chi connectivity index (χ4v) is 2.63. The highest BCUT2D eigenvalue weighted by atomic mass is 16.3. The van der Waals surface area contributed by atoms with Gasteiger partial charge in [0.15, 0.2) is 0 Å². The van der Waals surface area contributed by atoms with Crippen LogP contribution in [0, 0.1) is 12.8 Å². The number of carbonyl (C=O) groups excluding carboxylic acids is 1. The Bertz CT molecular complexity index is 474. The lowest BCUT2D eigenvalue weighted by atomic mass is 9.99. The van der Waals surface area contributed by atoms with Crippen molar-refractivity contribution in [2.24, 2.45) is 5.92 Å². The van der Waals surface area contributed by atoms with Crippen LogP contribution in [-0.2, 0) is 0 Å². The van der Waals surface area contributed by atoms with Crippen LogP contribution in [0.1, 0.15) is 29.0 Å². The summed E-state index contributed by atoms with van der Waals surface area (Å²) in [5.74, 6) is 0.239. The Balaban J connectivity index is 1.79. The molecule has 1 saturated heterocycles. The smallest absolute Gasteiger partial charge is 0.270 e. The second-order valence-electron chi connectivity index (χ2n) is 5.50. The van der Waals surface area contributed by atoms with Gasteiger partial charge in [-0.15, -0.1) is 0 Å². The molecule has 2 rings (SSSR count). The van der Waals surface area contributed by atoms with Gasteiger partial charge in [-0.2, -0.15) is 0 Å². The van der Waals surface area contributed by atoms with Crippen LogP contribution >= 0.6 is 0 Å². The molecule has 0 unspecified atom stereocenters. The van der Waals surface area contributed by atoms with Crippen LogP contribution in [0.3, 0.4) is 0 Å². The molecule has 0 radical (unpaired) electrons. The molecule has 1 fully saturated rings. The van der Waals surface area contributed by atoms with Gasteiger partial charge in [-0.1, -0.05) is 0 Å². The maximum absolute atomic E-state index is 12.0. The second kappa shape index (κ2) is 7.33. The van der Waals surface area contributed by atoms with Gasteiger partial charge in [-0.3, -0.25) is 4.79 Å². The highest BCUT2D eigenvalue weighted by Crippen LogP contribution is 2.14. The van der Waals surface area contributed by atoms with Crippen molar-refractivity contribution in [3.8, 4) is 0 Å². The summed E-state index contributed by atoms with van der Waals surface area (Å²) in [4.78, 5) is 22.1. The first kappa shape index (κ1) is 15.7. The van der Waals surface area contributed by atoms with E-state index in [1.807, 2.05) is 0 Å². The number of piperidine rings is 1. The number of likely N-dealkylation sites (tertiary alicyclic amines) is 1. The monoisotopic (exact) mass is 293 g/mol. The summed E-state index contributed by atoms with van der Waals surface area (Å²) in [5, 5.41) is 12.0. The van der Waals surface area contributed by atoms with Gasteiger partial charge in [0.25, 0.3) is 5.91 Å². The number of amides is 1. The summed E-state index contributed by atoms with van der Waals surface area (Å²) in [6, 6.07) is 1.62. The predicted octanol–water partition coefficient (Wildman–Crippen LogP) is -0.199. The van der Waals surface area contributed by atoms with Gasteiger partial charge in [-0.25, -0.2) is 9.97 Å². The maximum Gasteiger partial charge on any atom is 0.270 e. The number of aryl methyl sites for hydroxylation is 1. The quantitative estimate of drug-likeness (QED) is 0.694. The Morgan fingerprint density at radius 2 is 2.38 bits per heavy atom. The minimum Gasteiger partial charge on any atom is -0.396 e. The average molecular weight is 293 g/mol. The molecule has 1 amide bonds. The molecule has 1 atom stereocenters. The number of nitrogens with two attached hydrogens (primary N) is 1. The van der Waals surface area contributed by atoms with E-state index in [1.165, 1.54) is 0 Å². The summed E-state index contributed by atoms with van der Waals surface area (Å²) in [7, 11) is 0. The number of nitrogen functional groups attached to an aromatic ring is 1. The Hall–Kier alpha value is -1.73. The molecule has 0 aromatic carbocycles. The van der Waals surface area contributed by atoms with E-state index in [1.54, 1.807) is 13.0 Å². The van der Waals surface area contributed by atoms with Crippen LogP contribution in [-0.4, -0.2) is 58.7 Å². The zero-order chi connectivity index (χ0) is 15.2. The molecule has 21 heavy (non-hydrogen) atoms. The number of aliphatic hydroxyl groups excluding tert-OH is 1. The molecular weight excluding hydrogens is 270 g/mol. The minimum absolute atomic E-state index is 0.113. The molecule has 1 aliphatic heterocycles. The lowest BCUT2D eigenvalue weighted by Gasteiger charge is -2.31. The Labute approximate surface area is 124 Å². The van der Waals surface area contributed by atoms with Gasteiger partial charge in [-0.05, 0) is 38.3 Å². The molecular formula is C14H23N5O2. The van der Waals surface area contributed by atoms with Gasteiger partial charge in [0.05, 0.1) is 0 Å². The SMILES string of the molecule is Cc1cc(C(=O)NCCN2CCC[C@@H](CO)C2)nc(N)n1. The lowest BCUT2D eigenvalue weighted by molar-refractivity contribution is 0.0926. The Kier molecular flexibility index (Phi) is 5.46.